The lowest BCUT2D eigenvalue weighted by molar-refractivity contribution is -0.895. The maximum Gasteiger partial charge on any atom is 0.275 e. The number of sulfonamides is 1. The summed E-state index contributed by atoms with van der Waals surface area (Å²) >= 11 is 6.86. The molecule has 0 aromatic carbocycles. The summed E-state index contributed by atoms with van der Waals surface area (Å²) in [6.45, 7) is 1.95. The standard InChI is InChI=1S/C14H21ClN4O4S2/c1-17(2)13(21)9-16-12(20)10-18-5-7-19(8-6-18)25(22,23)14-4-3-11(15)24-14/h3-4H,5-10H2,1-2H3,(H,16,20)/p+1. The summed E-state index contributed by atoms with van der Waals surface area (Å²) in [6.07, 6.45) is 0. The van der Waals surface area contributed by atoms with Crippen molar-refractivity contribution < 1.29 is 22.9 Å². The van der Waals surface area contributed by atoms with E-state index in [4.69, 9.17) is 11.6 Å². The molecule has 1 aromatic rings. The maximum absolute atomic E-state index is 12.5. The highest BCUT2D eigenvalue weighted by Gasteiger charge is 2.32. The normalized spacial score (nSPS) is 16.6. The van der Waals surface area contributed by atoms with Crippen molar-refractivity contribution >= 4 is 44.8 Å². The second-order valence-corrected chi connectivity index (χ2v) is 9.83. The van der Waals surface area contributed by atoms with E-state index in [0.717, 1.165) is 16.2 Å². The topological polar surface area (TPSA) is 91.2 Å². The Labute approximate surface area is 156 Å². The molecule has 2 heterocycles. The first-order valence-electron chi connectivity index (χ1n) is 7.76. The molecule has 2 amide bonds. The largest absolute Gasteiger partial charge is 0.347 e. The van der Waals surface area contributed by atoms with E-state index in [0.29, 0.717) is 30.5 Å². The van der Waals surface area contributed by atoms with Crippen molar-refractivity contribution in [2.24, 2.45) is 0 Å². The predicted octanol–water partition coefficient (Wildman–Crippen LogP) is -1.50. The van der Waals surface area contributed by atoms with Crippen molar-refractivity contribution in [3.8, 4) is 0 Å². The van der Waals surface area contributed by atoms with Gasteiger partial charge in [-0.2, -0.15) is 4.31 Å². The molecule has 0 bridgehead atoms. The molecule has 0 unspecified atom stereocenters. The minimum absolute atomic E-state index is 0.0290. The van der Waals surface area contributed by atoms with Crippen molar-refractivity contribution in [1.29, 1.82) is 0 Å². The number of carbonyl (C=O) groups excluding carboxylic acids is 2. The minimum atomic E-state index is -3.52. The second kappa shape index (κ2) is 8.45. The van der Waals surface area contributed by atoms with Gasteiger partial charge in [-0.15, -0.1) is 11.3 Å². The molecule has 25 heavy (non-hydrogen) atoms. The Kier molecular flexibility index (Phi) is 6.80. The number of quaternary nitrogens is 1. The van der Waals surface area contributed by atoms with E-state index in [1.165, 1.54) is 15.3 Å². The molecule has 1 aromatic heterocycles. The van der Waals surface area contributed by atoms with Crippen LogP contribution in [0.4, 0.5) is 0 Å². The van der Waals surface area contributed by atoms with E-state index in [9.17, 15) is 18.0 Å². The number of amides is 2. The molecule has 0 radical (unpaired) electrons. The molecule has 11 heteroatoms. The number of nitrogens with one attached hydrogen (secondary N) is 2. The van der Waals surface area contributed by atoms with Crippen LogP contribution in [-0.4, -0.2) is 82.8 Å². The van der Waals surface area contributed by atoms with Gasteiger partial charge in [0.05, 0.1) is 37.1 Å². The van der Waals surface area contributed by atoms with Crippen LogP contribution in [0.25, 0.3) is 0 Å². The summed E-state index contributed by atoms with van der Waals surface area (Å²) in [7, 11) is -0.270. The maximum atomic E-state index is 12.5. The first-order valence-corrected chi connectivity index (χ1v) is 10.4. The van der Waals surface area contributed by atoms with Crippen molar-refractivity contribution in [2.45, 2.75) is 4.21 Å². The summed E-state index contributed by atoms with van der Waals surface area (Å²) in [5, 5.41) is 2.59. The van der Waals surface area contributed by atoms with Gasteiger partial charge in [-0.25, -0.2) is 8.42 Å². The van der Waals surface area contributed by atoms with Crippen LogP contribution in [0.1, 0.15) is 0 Å². The van der Waals surface area contributed by atoms with Gasteiger partial charge in [0, 0.05) is 14.1 Å². The molecule has 0 aliphatic carbocycles. The molecular formula is C14H22ClN4O4S2+. The lowest BCUT2D eigenvalue weighted by Gasteiger charge is -2.30. The van der Waals surface area contributed by atoms with Crippen LogP contribution in [0.2, 0.25) is 4.34 Å². The van der Waals surface area contributed by atoms with Crippen LogP contribution in [0, 0.1) is 0 Å². The number of carbonyl (C=O) groups is 2. The van der Waals surface area contributed by atoms with E-state index < -0.39 is 10.0 Å². The summed E-state index contributed by atoms with van der Waals surface area (Å²) in [4.78, 5) is 25.7. The van der Waals surface area contributed by atoms with Gasteiger partial charge in [-0.1, -0.05) is 11.6 Å². The van der Waals surface area contributed by atoms with Gasteiger partial charge >= 0.3 is 0 Å². The van der Waals surface area contributed by atoms with Gasteiger partial charge in [0.25, 0.3) is 15.9 Å². The Balaban J connectivity index is 1.81. The Bertz CT molecular complexity index is 727. The Morgan fingerprint density at radius 2 is 1.96 bits per heavy atom. The molecule has 0 saturated carbocycles. The van der Waals surface area contributed by atoms with Crippen molar-refractivity contribution in [2.75, 3.05) is 53.4 Å². The SMILES string of the molecule is CN(C)C(=O)CNC(=O)C[NH+]1CCN(S(=O)(=O)c2ccc(Cl)s2)CC1. The number of hydrogen-bond acceptors (Lipinski definition) is 5. The minimum Gasteiger partial charge on any atom is -0.347 e. The Morgan fingerprint density at radius 1 is 1.32 bits per heavy atom. The fourth-order valence-corrected chi connectivity index (χ4v) is 5.48. The summed E-state index contributed by atoms with van der Waals surface area (Å²) in [5.74, 6) is -0.389. The lowest BCUT2D eigenvalue weighted by Crippen LogP contribution is -3.15. The fourth-order valence-electron chi connectivity index (χ4n) is 2.41. The quantitative estimate of drug-likeness (QED) is 0.598. The molecule has 0 spiro atoms. The summed E-state index contributed by atoms with van der Waals surface area (Å²) in [5.41, 5.74) is 0. The molecule has 1 aliphatic heterocycles. The number of rotatable bonds is 6. The van der Waals surface area contributed by atoms with Crippen LogP contribution in [0.5, 0.6) is 0 Å². The molecular weight excluding hydrogens is 388 g/mol. The molecule has 1 aliphatic rings. The Hall–Kier alpha value is -1.20. The predicted molar refractivity (Wildman–Crippen MR) is 95.4 cm³/mol. The molecule has 1 fully saturated rings. The zero-order chi connectivity index (χ0) is 18.6. The van der Waals surface area contributed by atoms with Crippen molar-refractivity contribution in [3.05, 3.63) is 16.5 Å². The number of nitrogens with zero attached hydrogens (tertiary/aromatic N) is 2. The van der Waals surface area contributed by atoms with E-state index in [1.54, 1.807) is 20.2 Å². The summed E-state index contributed by atoms with van der Waals surface area (Å²) < 4.78 is 27.1. The first kappa shape index (κ1) is 20.1. The third kappa shape index (κ3) is 5.38. The molecule has 0 atom stereocenters. The zero-order valence-electron chi connectivity index (χ0n) is 14.1. The van der Waals surface area contributed by atoms with Gasteiger partial charge in [-0.3, -0.25) is 9.59 Å². The van der Waals surface area contributed by atoms with Crippen LogP contribution >= 0.6 is 22.9 Å². The van der Waals surface area contributed by atoms with Crippen LogP contribution in [-0.2, 0) is 19.6 Å². The number of halogens is 1. The van der Waals surface area contributed by atoms with E-state index in [2.05, 4.69) is 5.32 Å². The molecule has 1 saturated heterocycles. The van der Waals surface area contributed by atoms with Crippen LogP contribution in [0.3, 0.4) is 0 Å². The highest BCUT2D eigenvalue weighted by atomic mass is 35.5. The summed E-state index contributed by atoms with van der Waals surface area (Å²) in [6, 6.07) is 3.08. The van der Waals surface area contributed by atoms with Gasteiger partial charge < -0.3 is 15.1 Å². The molecule has 2 N–H and O–H groups in total. The molecule has 2 rings (SSSR count). The van der Waals surface area contributed by atoms with Crippen molar-refractivity contribution in [1.82, 2.24) is 14.5 Å². The van der Waals surface area contributed by atoms with Crippen molar-refractivity contribution in [3.63, 3.8) is 0 Å². The smallest absolute Gasteiger partial charge is 0.275 e. The van der Waals surface area contributed by atoms with Crippen LogP contribution in [0.15, 0.2) is 16.3 Å². The third-order valence-corrected chi connectivity index (χ3v) is 7.52. The highest BCUT2D eigenvalue weighted by Crippen LogP contribution is 2.27. The average molecular weight is 410 g/mol. The molecule has 8 nitrogen and oxygen atoms in total. The number of hydrogen-bond donors (Lipinski definition) is 2. The fraction of sp³-hybridized carbons (Fsp3) is 0.571. The lowest BCUT2D eigenvalue weighted by atomic mass is 10.3. The average Bonchev–Trinajstić information content (AvgIpc) is 3.00. The van der Waals surface area contributed by atoms with E-state index in [1.807, 2.05) is 0 Å². The first-order chi connectivity index (χ1) is 11.7. The Morgan fingerprint density at radius 3 is 2.48 bits per heavy atom. The van der Waals surface area contributed by atoms with Crippen LogP contribution < -0.4 is 10.2 Å². The van der Waals surface area contributed by atoms with E-state index >= 15 is 0 Å². The van der Waals surface area contributed by atoms with Gasteiger partial charge in [-0.05, 0) is 12.1 Å². The number of likely N-dealkylation sites (N-methyl/N-ethyl adjacent to an activating group) is 1. The highest BCUT2D eigenvalue weighted by molar-refractivity contribution is 7.91. The number of piperazine rings is 1. The second-order valence-electron chi connectivity index (χ2n) is 5.95. The number of thiophene rings is 1. The van der Waals surface area contributed by atoms with Gasteiger partial charge in [0.1, 0.15) is 4.21 Å². The van der Waals surface area contributed by atoms with Gasteiger partial charge in [0.2, 0.25) is 5.91 Å². The third-order valence-electron chi connectivity index (χ3n) is 3.92. The monoisotopic (exact) mass is 409 g/mol. The zero-order valence-corrected chi connectivity index (χ0v) is 16.5. The molecule has 140 valence electrons. The van der Waals surface area contributed by atoms with E-state index in [-0.39, 0.29) is 29.1 Å². The van der Waals surface area contributed by atoms with Gasteiger partial charge in [0.15, 0.2) is 6.54 Å².